The Morgan fingerprint density at radius 2 is 1.83 bits per heavy atom. The Kier molecular flexibility index (Phi) is 8.08. The van der Waals surface area contributed by atoms with E-state index in [9.17, 15) is 19.2 Å². The number of hydrogen-bond acceptors (Lipinski definition) is 6. The van der Waals surface area contributed by atoms with Crippen molar-refractivity contribution in [3.05, 3.63) is 86.1 Å². The minimum Gasteiger partial charge on any atom is -0.483 e. The molecule has 0 aliphatic heterocycles. The first-order chi connectivity index (χ1) is 16.7. The minimum absolute atomic E-state index is 0.0127. The highest BCUT2D eigenvalue weighted by Crippen LogP contribution is 2.23. The Bertz CT molecular complexity index is 1330. The number of primary amides is 1. The van der Waals surface area contributed by atoms with Crippen LogP contribution < -0.4 is 32.4 Å². The summed E-state index contributed by atoms with van der Waals surface area (Å²) in [5.74, 6) is -1.24. The summed E-state index contributed by atoms with van der Waals surface area (Å²) in [5.41, 5.74) is 11.8. The molecule has 0 radical (unpaired) electrons. The van der Waals surface area contributed by atoms with Gasteiger partial charge in [0.05, 0.1) is 12.1 Å². The number of carbonyl (C=O) groups excluding carboxylic acids is 2. The quantitative estimate of drug-likeness (QED) is 0.404. The van der Waals surface area contributed by atoms with Crippen LogP contribution >= 0.6 is 0 Å². The summed E-state index contributed by atoms with van der Waals surface area (Å²) in [6.07, 6.45) is 1.47. The van der Waals surface area contributed by atoms with Crippen LogP contribution in [0.2, 0.25) is 0 Å². The van der Waals surface area contributed by atoms with Gasteiger partial charge < -0.3 is 16.2 Å². The van der Waals surface area contributed by atoms with E-state index in [1.165, 1.54) is 15.5 Å². The zero-order chi connectivity index (χ0) is 25.5. The van der Waals surface area contributed by atoms with Crippen LogP contribution in [0.15, 0.2) is 58.1 Å². The Morgan fingerprint density at radius 1 is 1.11 bits per heavy atom. The summed E-state index contributed by atoms with van der Waals surface area (Å²) in [5, 5.41) is 0. The molecule has 1 heterocycles. The monoisotopic (exact) mass is 479 g/mol. The van der Waals surface area contributed by atoms with Crippen molar-refractivity contribution < 1.29 is 14.3 Å². The van der Waals surface area contributed by atoms with E-state index in [-0.39, 0.29) is 29.4 Å². The first-order valence-corrected chi connectivity index (χ1v) is 11.2. The highest BCUT2D eigenvalue weighted by atomic mass is 16.5. The number of nitrogens with zero attached hydrogens (tertiary/aromatic N) is 2. The smallest absolute Gasteiger partial charge is 0.330 e. The summed E-state index contributed by atoms with van der Waals surface area (Å²) in [4.78, 5) is 53.8. The van der Waals surface area contributed by atoms with Crippen molar-refractivity contribution in [2.24, 2.45) is 5.73 Å². The number of nitrogen functional groups attached to an aromatic ring is 1. The van der Waals surface area contributed by atoms with Crippen LogP contribution in [0.5, 0.6) is 5.75 Å². The van der Waals surface area contributed by atoms with E-state index >= 15 is 0 Å². The van der Waals surface area contributed by atoms with Crippen molar-refractivity contribution in [3.63, 3.8) is 0 Å². The van der Waals surface area contributed by atoms with Gasteiger partial charge in [0.15, 0.2) is 12.3 Å². The third kappa shape index (κ3) is 5.97. The fraction of sp³-hybridized carbons (Fsp3) is 0.280. The Balaban J connectivity index is 2.01. The number of hydrogen-bond donors (Lipinski definition) is 3. The Hall–Kier alpha value is -4.34. The molecular weight excluding hydrogens is 450 g/mol. The molecule has 0 spiro atoms. The van der Waals surface area contributed by atoms with E-state index in [4.69, 9.17) is 16.2 Å². The van der Waals surface area contributed by atoms with E-state index in [0.717, 1.165) is 17.5 Å². The van der Waals surface area contributed by atoms with Crippen molar-refractivity contribution in [3.8, 4) is 5.75 Å². The van der Waals surface area contributed by atoms with E-state index in [1.807, 2.05) is 13.0 Å². The number of aromatic nitrogens is 2. The van der Waals surface area contributed by atoms with Crippen LogP contribution in [0.25, 0.3) is 0 Å². The van der Waals surface area contributed by atoms with Crippen molar-refractivity contribution in [1.29, 1.82) is 0 Å². The third-order valence-corrected chi connectivity index (χ3v) is 5.46. The van der Waals surface area contributed by atoms with E-state index in [1.54, 1.807) is 43.3 Å². The number of nitrogens with one attached hydrogen (secondary N) is 1. The highest BCUT2D eigenvalue weighted by Gasteiger charge is 2.25. The standard InChI is InChI=1S/C25H29N5O5/c1-3-4-12-29-22(26)21(24(33)28-25(29)34)30(14-17-8-6-5-7-9-17)20(31)15-35-19-13-16(2)10-11-18(19)23(27)32/h5-11,13H,3-4,12,14-15,26H2,1-2H3,(H2,27,32)(H,28,33,34). The molecule has 0 aliphatic rings. The van der Waals surface area contributed by atoms with Gasteiger partial charge in [-0.05, 0) is 36.6 Å². The van der Waals surface area contributed by atoms with Crippen molar-refractivity contribution in [1.82, 2.24) is 9.55 Å². The second-order valence-corrected chi connectivity index (χ2v) is 8.12. The predicted molar refractivity (Wildman–Crippen MR) is 133 cm³/mol. The van der Waals surface area contributed by atoms with Gasteiger partial charge in [-0.1, -0.05) is 49.7 Å². The molecule has 10 nitrogen and oxygen atoms in total. The van der Waals surface area contributed by atoms with Crippen LogP contribution in [-0.4, -0.2) is 28.0 Å². The lowest BCUT2D eigenvalue weighted by Crippen LogP contribution is -2.42. The molecule has 0 atom stereocenters. The molecule has 3 aromatic rings. The molecule has 1 aromatic heterocycles. The Labute approximate surface area is 202 Å². The molecule has 35 heavy (non-hydrogen) atoms. The maximum absolute atomic E-state index is 13.4. The van der Waals surface area contributed by atoms with Crippen LogP contribution in [0.3, 0.4) is 0 Å². The number of amides is 2. The summed E-state index contributed by atoms with van der Waals surface area (Å²) in [6.45, 7) is 3.57. The van der Waals surface area contributed by atoms with Crippen LogP contribution in [0.1, 0.15) is 41.3 Å². The second kappa shape index (κ2) is 11.2. The van der Waals surface area contributed by atoms with Gasteiger partial charge in [-0.25, -0.2) is 4.79 Å². The fourth-order valence-electron chi connectivity index (χ4n) is 3.60. The average Bonchev–Trinajstić information content (AvgIpc) is 2.82. The number of anilines is 2. The lowest BCUT2D eigenvalue weighted by atomic mass is 10.1. The number of nitrogens with two attached hydrogens (primary N) is 2. The first kappa shape index (κ1) is 25.3. The van der Waals surface area contributed by atoms with Crippen LogP contribution in [0, 0.1) is 6.92 Å². The van der Waals surface area contributed by atoms with Crippen molar-refractivity contribution in [2.45, 2.75) is 39.8 Å². The molecule has 0 unspecified atom stereocenters. The molecule has 184 valence electrons. The Morgan fingerprint density at radius 3 is 2.49 bits per heavy atom. The third-order valence-electron chi connectivity index (χ3n) is 5.46. The van der Waals surface area contributed by atoms with Gasteiger partial charge in [-0.3, -0.25) is 28.8 Å². The summed E-state index contributed by atoms with van der Waals surface area (Å²) in [6, 6.07) is 13.8. The number of rotatable bonds is 10. The molecule has 0 fully saturated rings. The summed E-state index contributed by atoms with van der Waals surface area (Å²) >= 11 is 0. The van der Waals surface area contributed by atoms with Gasteiger partial charge in [-0.2, -0.15) is 0 Å². The second-order valence-electron chi connectivity index (χ2n) is 8.12. The van der Waals surface area contributed by atoms with Crippen LogP contribution in [0.4, 0.5) is 11.5 Å². The van der Waals surface area contributed by atoms with Gasteiger partial charge in [0.25, 0.3) is 17.4 Å². The number of H-pyrrole nitrogens is 1. The summed E-state index contributed by atoms with van der Waals surface area (Å²) < 4.78 is 6.91. The predicted octanol–water partition coefficient (Wildman–Crippen LogP) is 1.94. The van der Waals surface area contributed by atoms with Gasteiger partial charge >= 0.3 is 5.69 Å². The number of unbranched alkanes of at least 4 members (excludes halogenated alkanes) is 1. The minimum atomic E-state index is -0.780. The molecule has 10 heteroatoms. The zero-order valence-corrected chi connectivity index (χ0v) is 19.7. The average molecular weight is 480 g/mol. The first-order valence-electron chi connectivity index (χ1n) is 11.2. The topological polar surface area (TPSA) is 154 Å². The normalized spacial score (nSPS) is 10.7. The molecule has 0 saturated heterocycles. The van der Waals surface area contributed by atoms with E-state index in [2.05, 4.69) is 4.98 Å². The lowest BCUT2D eigenvalue weighted by Gasteiger charge is -2.25. The fourth-order valence-corrected chi connectivity index (χ4v) is 3.60. The molecular formula is C25H29N5O5. The maximum atomic E-state index is 13.4. The molecule has 3 rings (SSSR count). The summed E-state index contributed by atoms with van der Waals surface area (Å²) in [7, 11) is 0. The van der Waals surface area contributed by atoms with E-state index in [0.29, 0.717) is 13.0 Å². The number of benzene rings is 2. The van der Waals surface area contributed by atoms with Gasteiger partial charge in [0.1, 0.15) is 11.6 Å². The van der Waals surface area contributed by atoms with Gasteiger partial charge in [0, 0.05) is 6.54 Å². The number of carbonyl (C=O) groups is 2. The maximum Gasteiger partial charge on any atom is 0.330 e. The molecule has 2 aromatic carbocycles. The molecule has 0 bridgehead atoms. The van der Waals surface area contributed by atoms with Crippen molar-refractivity contribution in [2.75, 3.05) is 17.2 Å². The largest absolute Gasteiger partial charge is 0.483 e. The van der Waals surface area contributed by atoms with E-state index < -0.39 is 29.7 Å². The number of aromatic amines is 1. The molecule has 0 saturated carbocycles. The SMILES string of the molecule is CCCCn1c(N)c(N(Cc2ccccc2)C(=O)COc2cc(C)ccc2C(N)=O)c(=O)[nH]c1=O. The van der Waals surface area contributed by atoms with Crippen molar-refractivity contribution >= 4 is 23.3 Å². The number of ether oxygens (including phenoxy) is 1. The highest BCUT2D eigenvalue weighted by molar-refractivity contribution is 5.98. The lowest BCUT2D eigenvalue weighted by molar-refractivity contribution is -0.120. The van der Waals surface area contributed by atoms with Crippen LogP contribution in [-0.2, 0) is 17.9 Å². The number of aryl methyl sites for hydroxylation is 1. The molecule has 2 amide bonds. The zero-order valence-electron chi connectivity index (χ0n) is 19.7. The molecule has 0 aliphatic carbocycles. The van der Waals surface area contributed by atoms with Gasteiger partial charge in [-0.15, -0.1) is 0 Å². The van der Waals surface area contributed by atoms with Gasteiger partial charge in [0.2, 0.25) is 0 Å². The molecule has 5 N–H and O–H groups in total.